The Bertz CT molecular complexity index is 278. The van der Waals surface area contributed by atoms with Gasteiger partial charge in [0.2, 0.25) is 0 Å². The van der Waals surface area contributed by atoms with Crippen LogP contribution in [0.25, 0.3) is 0 Å². The molecule has 2 aromatic rings. The van der Waals surface area contributed by atoms with E-state index in [9.17, 15) is 0 Å². The average molecular weight is 286 g/mol. The predicted octanol–water partition coefficient (Wildman–Crippen LogP) is 6.07. The summed E-state index contributed by atoms with van der Waals surface area (Å²) in [5, 5.41) is 5.33. The average Bonchev–Trinajstić information content (AvgIpc) is 3.17. The summed E-state index contributed by atoms with van der Waals surface area (Å²) in [5.74, 6) is 0. The normalized spacial score (nSPS) is 7.89. The Morgan fingerprint density at radius 2 is 1.61 bits per heavy atom. The highest BCUT2D eigenvalue weighted by Gasteiger charge is 1.84. The van der Waals surface area contributed by atoms with Crippen molar-refractivity contribution in [1.82, 2.24) is 4.98 Å². The van der Waals surface area contributed by atoms with E-state index in [-0.39, 0.29) is 0 Å². The number of rotatable bonds is 2. The van der Waals surface area contributed by atoms with E-state index in [4.69, 9.17) is 0 Å². The van der Waals surface area contributed by atoms with E-state index in [0.717, 1.165) is 6.42 Å². The molecule has 0 aliphatic heterocycles. The smallest absolute Gasteiger partial charge is 0.0922 e. The molecule has 2 aromatic heterocycles. The van der Waals surface area contributed by atoms with Gasteiger partial charge in [0, 0.05) is 16.5 Å². The third-order valence-corrected chi connectivity index (χ3v) is 3.66. The molecule has 0 saturated carbocycles. The van der Waals surface area contributed by atoms with Crippen LogP contribution in [0.5, 0.6) is 0 Å². The van der Waals surface area contributed by atoms with Crippen molar-refractivity contribution in [3.8, 4) is 0 Å². The largest absolute Gasteiger partial charge is 0.250 e. The molecular formula is C15H27NS2. The third-order valence-electron chi connectivity index (χ3n) is 1.71. The first-order valence-corrected chi connectivity index (χ1v) is 8.53. The van der Waals surface area contributed by atoms with Crippen molar-refractivity contribution in [2.24, 2.45) is 0 Å². The lowest BCUT2D eigenvalue weighted by Gasteiger charge is -1.78. The number of hydrogen-bond acceptors (Lipinski definition) is 3. The second kappa shape index (κ2) is 16.3. The maximum Gasteiger partial charge on any atom is 0.0922 e. The minimum Gasteiger partial charge on any atom is -0.250 e. The van der Waals surface area contributed by atoms with Crippen molar-refractivity contribution in [2.75, 3.05) is 0 Å². The number of nitrogens with zero attached hydrogens (tertiary/aromatic N) is 1. The van der Waals surface area contributed by atoms with Crippen LogP contribution in [0, 0.1) is 0 Å². The van der Waals surface area contributed by atoms with Crippen LogP contribution in [0.2, 0.25) is 0 Å². The second-order valence-corrected chi connectivity index (χ2v) is 4.72. The summed E-state index contributed by atoms with van der Waals surface area (Å²) in [5.41, 5.74) is 0. The van der Waals surface area contributed by atoms with Gasteiger partial charge in [0.15, 0.2) is 0 Å². The monoisotopic (exact) mass is 285 g/mol. The molecule has 2 rings (SSSR count). The maximum absolute atomic E-state index is 4.05. The molecule has 104 valence electrons. The Kier molecular flexibility index (Phi) is 17.8. The Labute approximate surface area is 121 Å². The van der Waals surface area contributed by atoms with Crippen LogP contribution in [-0.4, -0.2) is 4.98 Å². The third kappa shape index (κ3) is 10.5. The zero-order valence-electron chi connectivity index (χ0n) is 12.6. The molecule has 0 amide bonds. The molecule has 0 aromatic carbocycles. The second-order valence-electron chi connectivity index (χ2n) is 2.71. The van der Waals surface area contributed by atoms with Gasteiger partial charge in [-0.3, -0.25) is 0 Å². The van der Waals surface area contributed by atoms with Gasteiger partial charge in [-0.2, -0.15) is 0 Å². The van der Waals surface area contributed by atoms with Gasteiger partial charge in [0.25, 0.3) is 0 Å². The molecule has 0 radical (unpaired) electrons. The van der Waals surface area contributed by atoms with Crippen LogP contribution >= 0.6 is 22.7 Å². The lowest BCUT2D eigenvalue weighted by molar-refractivity contribution is 1.09. The molecule has 0 spiro atoms. The molecule has 0 N–H and O–H groups in total. The molecule has 0 saturated heterocycles. The van der Waals surface area contributed by atoms with Crippen LogP contribution < -0.4 is 0 Å². The zero-order chi connectivity index (χ0) is 14.2. The van der Waals surface area contributed by atoms with Gasteiger partial charge in [-0.05, 0) is 24.3 Å². The highest BCUT2D eigenvalue weighted by Crippen LogP contribution is 2.07. The van der Waals surface area contributed by atoms with Crippen LogP contribution in [0.4, 0.5) is 0 Å². The molecule has 3 heteroatoms. The SMILES string of the molecule is CC.CC.CCc1cccs1.CCc1nccs1. The van der Waals surface area contributed by atoms with Crippen LogP contribution in [0.15, 0.2) is 29.1 Å². The molecule has 0 fully saturated rings. The molecule has 2 heterocycles. The summed E-state index contributed by atoms with van der Waals surface area (Å²) < 4.78 is 0. The van der Waals surface area contributed by atoms with Crippen LogP contribution in [-0.2, 0) is 12.8 Å². The standard InChI is InChI=1S/C6H8S.C5H7NS.2C2H6/c1-2-6-4-3-5-7-6;1-2-5-6-3-4-7-5;2*1-2/h3-5H,2H2,1H3;3-4H,2H2,1H3;2*1-2H3. The Hall–Kier alpha value is -0.670. The zero-order valence-corrected chi connectivity index (χ0v) is 14.2. The molecular weight excluding hydrogens is 258 g/mol. The van der Waals surface area contributed by atoms with Crippen LogP contribution in [0.3, 0.4) is 0 Å². The van der Waals surface area contributed by atoms with Gasteiger partial charge in [0.1, 0.15) is 0 Å². The highest BCUT2D eigenvalue weighted by atomic mass is 32.1. The van der Waals surface area contributed by atoms with Crippen molar-refractivity contribution in [2.45, 2.75) is 54.4 Å². The number of thiazole rings is 1. The van der Waals surface area contributed by atoms with E-state index in [0.29, 0.717) is 0 Å². The fraction of sp³-hybridized carbons (Fsp3) is 0.533. The summed E-state index contributed by atoms with van der Waals surface area (Å²) in [6, 6.07) is 4.24. The molecule has 0 bridgehead atoms. The summed E-state index contributed by atoms with van der Waals surface area (Å²) in [7, 11) is 0. The summed E-state index contributed by atoms with van der Waals surface area (Å²) in [6.07, 6.45) is 4.08. The summed E-state index contributed by atoms with van der Waals surface area (Å²) in [6.45, 7) is 12.3. The first-order valence-electron chi connectivity index (χ1n) is 6.77. The van der Waals surface area contributed by atoms with Gasteiger partial charge < -0.3 is 0 Å². The lowest BCUT2D eigenvalue weighted by Crippen LogP contribution is -1.70. The topological polar surface area (TPSA) is 12.9 Å². The van der Waals surface area contributed by atoms with Crippen molar-refractivity contribution < 1.29 is 0 Å². The number of aryl methyl sites for hydroxylation is 2. The predicted molar refractivity (Wildman–Crippen MR) is 87.9 cm³/mol. The van der Waals surface area contributed by atoms with E-state index < -0.39 is 0 Å². The minimum atomic E-state index is 1.07. The fourth-order valence-corrected chi connectivity index (χ4v) is 2.16. The number of aromatic nitrogens is 1. The first kappa shape index (κ1) is 19.7. The van der Waals surface area contributed by atoms with Crippen molar-refractivity contribution in [1.29, 1.82) is 0 Å². The van der Waals surface area contributed by atoms with Crippen molar-refractivity contribution in [3.63, 3.8) is 0 Å². The first-order chi connectivity index (χ1) is 8.86. The molecule has 0 unspecified atom stereocenters. The van der Waals surface area contributed by atoms with E-state index >= 15 is 0 Å². The Morgan fingerprint density at radius 1 is 0.944 bits per heavy atom. The van der Waals surface area contributed by atoms with Crippen LogP contribution in [0.1, 0.15) is 51.4 Å². The molecule has 18 heavy (non-hydrogen) atoms. The van der Waals surface area contributed by atoms with Gasteiger partial charge in [-0.15, -0.1) is 22.7 Å². The molecule has 0 aliphatic carbocycles. The van der Waals surface area contributed by atoms with E-state index in [1.807, 2.05) is 50.6 Å². The number of hydrogen-bond donors (Lipinski definition) is 0. The Morgan fingerprint density at radius 3 is 1.83 bits per heavy atom. The van der Waals surface area contributed by atoms with Gasteiger partial charge >= 0.3 is 0 Å². The van der Waals surface area contributed by atoms with Gasteiger partial charge in [-0.1, -0.05) is 47.6 Å². The van der Waals surface area contributed by atoms with Gasteiger partial charge in [-0.25, -0.2) is 4.98 Å². The fourth-order valence-electron chi connectivity index (χ4n) is 0.941. The molecule has 0 atom stereocenters. The maximum atomic E-state index is 4.05. The van der Waals surface area contributed by atoms with Crippen molar-refractivity contribution >= 4 is 22.7 Å². The van der Waals surface area contributed by atoms with E-state index in [1.54, 1.807) is 11.3 Å². The molecule has 1 nitrogen and oxygen atoms in total. The minimum absolute atomic E-state index is 1.07. The van der Waals surface area contributed by atoms with Gasteiger partial charge in [0.05, 0.1) is 5.01 Å². The summed E-state index contributed by atoms with van der Waals surface area (Å²) in [4.78, 5) is 5.53. The Balaban J connectivity index is 0. The van der Waals surface area contributed by atoms with E-state index in [2.05, 4.69) is 36.3 Å². The summed E-state index contributed by atoms with van der Waals surface area (Å²) >= 11 is 3.53. The molecule has 0 aliphatic rings. The van der Waals surface area contributed by atoms with E-state index in [1.165, 1.54) is 16.3 Å². The lowest BCUT2D eigenvalue weighted by atomic mass is 10.4. The highest BCUT2D eigenvalue weighted by molar-refractivity contribution is 7.10. The van der Waals surface area contributed by atoms with Crippen molar-refractivity contribution in [3.05, 3.63) is 39.0 Å². The number of thiophene rings is 1. The quantitative estimate of drug-likeness (QED) is 0.652.